The zero-order chi connectivity index (χ0) is 13.0. The van der Waals surface area contributed by atoms with E-state index in [1.54, 1.807) is 13.8 Å². The van der Waals surface area contributed by atoms with Crippen molar-refractivity contribution in [1.82, 2.24) is 0 Å². The summed E-state index contributed by atoms with van der Waals surface area (Å²) in [5.41, 5.74) is 0.783. The van der Waals surface area contributed by atoms with Crippen molar-refractivity contribution in [1.29, 1.82) is 0 Å². The summed E-state index contributed by atoms with van der Waals surface area (Å²) in [4.78, 5) is 11.3. The Morgan fingerprint density at radius 1 is 1.35 bits per heavy atom. The van der Waals surface area contributed by atoms with Crippen LogP contribution in [0, 0.1) is 0 Å². The van der Waals surface area contributed by atoms with Crippen molar-refractivity contribution in [3.05, 3.63) is 28.8 Å². The van der Waals surface area contributed by atoms with Crippen LogP contribution in [0.3, 0.4) is 0 Å². The SMILES string of the molecule is CCOc1cc(C(C)=O)cc(CC)c1C(F)F. The number of aryl methyl sites for hydroxylation is 1. The normalized spacial score (nSPS) is 10.7. The molecule has 0 atom stereocenters. The minimum atomic E-state index is -2.59. The number of hydrogen-bond acceptors (Lipinski definition) is 2. The van der Waals surface area contributed by atoms with Crippen molar-refractivity contribution in [3.63, 3.8) is 0 Å². The molecule has 94 valence electrons. The van der Waals surface area contributed by atoms with E-state index >= 15 is 0 Å². The van der Waals surface area contributed by atoms with E-state index in [1.165, 1.54) is 19.1 Å². The van der Waals surface area contributed by atoms with Gasteiger partial charge in [0.15, 0.2) is 5.78 Å². The third-order valence-corrected chi connectivity index (χ3v) is 2.53. The molecule has 1 rings (SSSR count). The van der Waals surface area contributed by atoms with Crippen LogP contribution < -0.4 is 4.74 Å². The van der Waals surface area contributed by atoms with Crippen LogP contribution in [-0.2, 0) is 6.42 Å². The molecule has 0 amide bonds. The lowest BCUT2D eigenvalue weighted by Crippen LogP contribution is -2.04. The van der Waals surface area contributed by atoms with Gasteiger partial charge < -0.3 is 4.74 Å². The fourth-order valence-electron chi connectivity index (χ4n) is 1.70. The number of carbonyl (C=O) groups excluding carboxylic acids is 1. The number of rotatable bonds is 5. The van der Waals surface area contributed by atoms with Crippen molar-refractivity contribution in [2.45, 2.75) is 33.6 Å². The molecule has 0 bridgehead atoms. The Labute approximate surface area is 99.6 Å². The summed E-state index contributed by atoms with van der Waals surface area (Å²) < 4.78 is 31.1. The predicted octanol–water partition coefficient (Wildman–Crippen LogP) is 3.79. The van der Waals surface area contributed by atoms with Gasteiger partial charge in [0.1, 0.15) is 5.75 Å². The largest absolute Gasteiger partial charge is 0.493 e. The fourth-order valence-corrected chi connectivity index (χ4v) is 1.70. The Morgan fingerprint density at radius 2 is 2.00 bits per heavy atom. The highest BCUT2D eigenvalue weighted by atomic mass is 19.3. The first-order chi connectivity index (χ1) is 8.01. The molecule has 17 heavy (non-hydrogen) atoms. The van der Waals surface area contributed by atoms with Gasteiger partial charge in [-0.25, -0.2) is 8.78 Å². The molecule has 4 heteroatoms. The number of alkyl halides is 2. The fraction of sp³-hybridized carbons (Fsp3) is 0.462. The van der Waals surface area contributed by atoms with Crippen LogP contribution in [-0.4, -0.2) is 12.4 Å². The van der Waals surface area contributed by atoms with Gasteiger partial charge >= 0.3 is 0 Å². The number of halogens is 2. The summed E-state index contributed by atoms with van der Waals surface area (Å²) in [6.07, 6.45) is -2.14. The highest BCUT2D eigenvalue weighted by Gasteiger charge is 2.20. The smallest absolute Gasteiger partial charge is 0.267 e. The second kappa shape index (κ2) is 5.75. The monoisotopic (exact) mass is 242 g/mol. The van der Waals surface area contributed by atoms with E-state index in [4.69, 9.17) is 4.74 Å². The van der Waals surface area contributed by atoms with E-state index < -0.39 is 6.43 Å². The van der Waals surface area contributed by atoms with Gasteiger partial charge in [-0.3, -0.25) is 4.79 Å². The van der Waals surface area contributed by atoms with E-state index in [-0.39, 0.29) is 17.1 Å². The second-order valence-corrected chi connectivity index (χ2v) is 3.69. The lowest BCUT2D eigenvalue weighted by atomic mass is 9.99. The molecule has 0 spiro atoms. The van der Waals surface area contributed by atoms with Gasteiger partial charge in [-0.2, -0.15) is 0 Å². The van der Waals surface area contributed by atoms with E-state index in [0.717, 1.165) is 0 Å². The molecule has 1 aromatic rings. The maximum Gasteiger partial charge on any atom is 0.267 e. The van der Waals surface area contributed by atoms with Gasteiger partial charge in [0.25, 0.3) is 6.43 Å². The van der Waals surface area contributed by atoms with E-state index in [0.29, 0.717) is 24.2 Å². The Morgan fingerprint density at radius 3 is 2.41 bits per heavy atom. The molecule has 0 heterocycles. The van der Waals surface area contributed by atoms with Gasteiger partial charge in [0.05, 0.1) is 12.2 Å². The van der Waals surface area contributed by atoms with Gasteiger partial charge in [0, 0.05) is 5.56 Å². The minimum Gasteiger partial charge on any atom is -0.493 e. The third kappa shape index (κ3) is 3.02. The zero-order valence-electron chi connectivity index (χ0n) is 10.2. The molecule has 0 unspecified atom stereocenters. The van der Waals surface area contributed by atoms with Crippen LogP contribution in [0.15, 0.2) is 12.1 Å². The second-order valence-electron chi connectivity index (χ2n) is 3.69. The van der Waals surface area contributed by atoms with Gasteiger partial charge in [-0.1, -0.05) is 6.92 Å². The number of ketones is 1. The number of benzene rings is 1. The van der Waals surface area contributed by atoms with Crippen LogP contribution in [0.4, 0.5) is 8.78 Å². The molecule has 0 aliphatic rings. The van der Waals surface area contributed by atoms with Gasteiger partial charge in [-0.15, -0.1) is 0 Å². The molecule has 0 N–H and O–H groups in total. The average Bonchev–Trinajstić information content (AvgIpc) is 2.27. The molecular weight excluding hydrogens is 226 g/mol. The lowest BCUT2D eigenvalue weighted by Gasteiger charge is -2.15. The van der Waals surface area contributed by atoms with Crippen LogP contribution in [0.5, 0.6) is 5.75 Å². The topological polar surface area (TPSA) is 26.3 Å². The molecule has 0 radical (unpaired) electrons. The average molecular weight is 242 g/mol. The van der Waals surface area contributed by atoms with Crippen LogP contribution >= 0.6 is 0 Å². The standard InChI is InChI=1S/C13H16F2O2/c1-4-9-6-10(8(3)16)7-11(17-5-2)12(9)13(14)15/h6-7,13H,4-5H2,1-3H3. The maximum atomic E-state index is 13.0. The molecule has 0 fully saturated rings. The summed E-state index contributed by atoms with van der Waals surface area (Å²) >= 11 is 0. The Hall–Kier alpha value is -1.45. The highest BCUT2D eigenvalue weighted by molar-refractivity contribution is 5.94. The van der Waals surface area contributed by atoms with Crippen molar-refractivity contribution in [2.75, 3.05) is 6.61 Å². The lowest BCUT2D eigenvalue weighted by molar-refractivity contribution is 0.101. The molecule has 2 nitrogen and oxygen atoms in total. The maximum absolute atomic E-state index is 13.0. The third-order valence-electron chi connectivity index (χ3n) is 2.53. The number of carbonyl (C=O) groups is 1. The minimum absolute atomic E-state index is 0.0978. The molecule has 0 aromatic heterocycles. The Bertz CT molecular complexity index is 414. The molecule has 0 saturated heterocycles. The van der Waals surface area contributed by atoms with Crippen molar-refractivity contribution in [2.24, 2.45) is 0 Å². The van der Waals surface area contributed by atoms with Gasteiger partial charge in [-0.05, 0) is 38.0 Å². The Kier molecular flexibility index (Phi) is 4.61. The van der Waals surface area contributed by atoms with Crippen molar-refractivity contribution < 1.29 is 18.3 Å². The molecular formula is C13H16F2O2. The van der Waals surface area contributed by atoms with Crippen molar-refractivity contribution >= 4 is 5.78 Å². The quantitative estimate of drug-likeness (QED) is 0.734. The molecule has 0 aliphatic heterocycles. The number of ether oxygens (including phenoxy) is 1. The summed E-state index contributed by atoms with van der Waals surface area (Å²) in [5.74, 6) is -0.0338. The molecule has 0 saturated carbocycles. The van der Waals surface area contributed by atoms with E-state index in [9.17, 15) is 13.6 Å². The van der Waals surface area contributed by atoms with Crippen LogP contribution in [0.2, 0.25) is 0 Å². The summed E-state index contributed by atoms with van der Waals surface area (Å²) in [7, 11) is 0. The number of hydrogen-bond donors (Lipinski definition) is 0. The first kappa shape index (κ1) is 13.6. The first-order valence-corrected chi connectivity index (χ1v) is 5.59. The summed E-state index contributed by atoms with van der Waals surface area (Å²) in [6.45, 7) is 5.21. The summed E-state index contributed by atoms with van der Waals surface area (Å²) in [6, 6.07) is 2.92. The highest BCUT2D eigenvalue weighted by Crippen LogP contribution is 2.34. The van der Waals surface area contributed by atoms with E-state index in [1.807, 2.05) is 0 Å². The Balaban J connectivity index is 3.39. The summed E-state index contributed by atoms with van der Waals surface area (Å²) in [5, 5.41) is 0. The number of Topliss-reactive ketones (excluding diaryl/α,β-unsaturated/α-hetero) is 1. The molecule has 1 aromatic carbocycles. The van der Waals surface area contributed by atoms with Crippen LogP contribution in [0.1, 0.15) is 48.7 Å². The zero-order valence-corrected chi connectivity index (χ0v) is 10.2. The van der Waals surface area contributed by atoms with Gasteiger partial charge in [0.2, 0.25) is 0 Å². The predicted molar refractivity (Wildman–Crippen MR) is 62.0 cm³/mol. The van der Waals surface area contributed by atoms with Crippen LogP contribution in [0.25, 0.3) is 0 Å². The van der Waals surface area contributed by atoms with Crippen molar-refractivity contribution in [3.8, 4) is 5.75 Å². The molecule has 0 aliphatic carbocycles. The first-order valence-electron chi connectivity index (χ1n) is 5.59. The van der Waals surface area contributed by atoms with E-state index in [2.05, 4.69) is 0 Å².